The molecule has 0 N–H and O–H groups in total. The van der Waals surface area contributed by atoms with Crippen molar-refractivity contribution in [3.63, 3.8) is 0 Å². The minimum atomic E-state index is 0.648. The van der Waals surface area contributed by atoms with E-state index in [4.69, 9.17) is 11.6 Å². The van der Waals surface area contributed by atoms with Gasteiger partial charge in [-0.1, -0.05) is 0 Å². The first-order valence-corrected chi connectivity index (χ1v) is 6.50. The first-order valence-electron chi connectivity index (χ1n) is 5.17. The van der Waals surface area contributed by atoms with Crippen molar-refractivity contribution in [1.82, 2.24) is 4.98 Å². The summed E-state index contributed by atoms with van der Waals surface area (Å²) in [5.41, 5.74) is 1.17. The lowest BCUT2D eigenvalue weighted by Crippen LogP contribution is -2.29. The van der Waals surface area contributed by atoms with E-state index < -0.39 is 0 Å². The van der Waals surface area contributed by atoms with Gasteiger partial charge in [0.2, 0.25) is 0 Å². The molecule has 82 valence electrons. The van der Waals surface area contributed by atoms with Gasteiger partial charge in [-0.25, -0.2) is 4.98 Å². The zero-order chi connectivity index (χ0) is 10.8. The van der Waals surface area contributed by atoms with Crippen LogP contribution >= 0.6 is 27.5 Å². The summed E-state index contributed by atoms with van der Waals surface area (Å²) in [5.74, 6) is 1.68. The van der Waals surface area contributed by atoms with Gasteiger partial charge >= 0.3 is 0 Å². The molecule has 1 heterocycles. The molecule has 1 aliphatic rings. The second-order valence-corrected chi connectivity index (χ2v) is 5.16. The molecule has 1 aliphatic carbocycles. The second-order valence-electron chi connectivity index (χ2n) is 3.93. The maximum Gasteiger partial charge on any atom is 0.143 e. The molecule has 0 aliphatic heterocycles. The number of halogens is 2. The number of aromatic nitrogens is 1. The summed E-state index contributed by atoms with van der Waals surface area (Å²) in [5, 5.41) is 0. The lowest BCUT2D eigenvalue weighted by molar-refractivity contribution is 0.808. The standard InChI is InChI=1S/C11H14BrClN2/c1-8-6-10(12)11(14-7-8)15(5-4-13)9-2-3-9/h6-7,9H,2-5H2,1H3. The monoisotopic (exact) mass is 288 g/mol. The van der Waals surface area contributed by atoms with Gasteiger partial charge in [-0.05, 0) is 47.3 Å². The molecule has 0 unspecified atom stereocenters. The lowest BCUT2D eigenvalue weighted by Gasteiger charge is -2.23. The molecular formula is C11H14BrClN2. The lowest BCUT2D eigenvalue weighted by atomic mass is 10.3. The van der Waals surface area contributed by atoms with Crippen LogP contribution in [-0.4, -0.2) is 23.5 Å². The fraction of sp³-hybridized carbons (Fsp3) is 0.545. The zero-order valence-corrected chi connectivity index (χ0v) is 11.1. The van der Waals surface area contributed by atoms with Crippen molar-refractivity contribution in [3.8, 4) is 0 Å². The van der Waals surface area contributed by atoms with Gasteiger partial charge in [0.1, 0.15) is 5.82 Å². The summed E-state index contributed by atoms with van der Waals surface area (Å²) in [7, 11) is 0. The van der Waals surface area contributed by atoms with Gasteiger partial charge in [-0.15, -0.1) is 11.6 Å². The van der Waals surface area contributed by atoms with Crippen LogP contribution in [0.5, 0.6) is 0 Å². The zero-order valence-electron chi connectivity index (χ0n) is 8.71. The average Bonchev–Trinajstić information content (AvgIpc) is 2.98. The topological polar surface area (TPSA) is 16.1 Å². The third kappa shape index (κ3) is 2.64. The van der Waals surface area contributed by atoms with Crippen molar-refractivity contribution >= 4 is 33.3 Å². The number of aryl methyl sites for hydroxylation is 1. The Morgan fingerprint density at radius 2 is 2.33 bits per heavy atom. The van der Waals surface area contributed by atoms with Gasteiger partial charge in [0.15, 0.2) is 0 Å². The minimum Gasteiger partial charge on any atom is -0.352 e. The summed E-state index contributed by atoms with van der Waals surface area (Å²) in [6.07, 6.45) is 4.43. The molecule has 0 spiro atoms. The smallest absolute Gasteiger partial charge is 0.143 e. The molecule has 2 nitrogen and oxygen atoms in total. The molecular weight excluding hydrogens is 275 g/mol. The van der Waals surface area contributed by atoms with Crippen molar-refractivity contribution in [3.05, 3.63) is 22.3 Å². The van der Waals surface area contributed by atoms with Gasteiger partial charge < -0.3 is 4.90 Å². The number of anilines is 1. The Balaban J connectivity index is 2.24. The predicted octanol–water partition coefficient (Wildman–Crippen LogP) is 3.36. The average molecular weight is 290 g/mol. The first kappa shape index (κ1) is 11.2. The Morgan fingerprint density at radius 3 is 2.87 bits per heavy atom. The highest BCUT2D eigenvalue weighted by molar-refractivity contribution is 9.10. The molecule has 2 rings (SSSR count). The second kappa shape index (κ2) is 4.71. The summed E-state index contributed by atoms with van der Waals surface area (Å²) in [6.45, 7) is 2.92. The molecule has 1 aromatic rings. The van der Waals surface area contributed by atoms with Gasteiger partial charge in [-0.2, -0.15) is 0 Å². The minimum absolute atomic E-state index is 0.648. The fourth-order valence-corrected chi connectivity index (χ4v) is 2.55. The van der Waals surface area contributed by atoms with E-state index in [1.54, 1.807) is 0 Å². The van der Waals surface area contributed by atoms with Crippen molar-refractivity contribution in [2.24, 2.45) is 0 Å². The van der Waals surface area contributed by atoms with Crippen LogP contribution in [0.1, 0.15) is 18.4 Å². The highest BCUT2D eigenvalue weighted by Crippen LogP contribution is 2.34. The van der Waals surface area contributed by atoms with Crippen LogP contribution in [0, 0.1) is 6.92 Å². The molecule has 4 heteroatoms. The van der Waals surface area contributed by atoms with Crippen LogP contribution in [0.4, 0.5) is 5.82 Å². The van der Waals surface area contributed by atoms with E-state index in [1.807, 2.05) is 13.1 Å². The number of rotatable bonds is 4. The largest absolute Gasteiger partial charge is 0.352 e. The van der Waals surface area contributed by atoms with Crippen molar-refractivity contribution < 1.29 is 0 Å². The quantitative estimate of drug-likeness (QED) is 0.790. The van der Waals surface area contributed by atoms with Crippen LogP contribution in [-0.2, 0) is 0 Å². The molecule has 0 atom stereocenters. The summed E-state index contributed by atoms with van der Waals surface area (Å²) in [4.78, 5) is 6.78. The first-order chi connectivity index (χ1) is 7.22. The molecule has 1 fully saturated rings. The number of hydrogen-bond acceptors (Lipinski definition) is 2. The van der Waals surface area contributed by atoms with Crippen molar-refractivity contribution in [2.75, 3.05) is 17.3 Å². The van der Waals surface area contributed by atoms with Crippen LogP contribution in [0.3, 0.4) is 0 Å². The van der Waals surface area contributed by atoms with E-state index in [0.717, 1.165) is 16.8 Å². The molecule has 1 saturated carbocycles. The Hall–Kier alpha value is -0.280. The number of alkyl halides is 1. The predicted molar refractivity (Wildman–Crippen MR) is 67.8 cm³/mol. The summed E-state index contributed by atoms with van der Waals surface area (Å²) in [6, 6.07) is 2.75. The normalized spacial score (nSPS) is 15.4. The fourth-order valence-electron chi connectivity index (χ4n) is 1.68. The van der Waals surface area contributed by atoms with E-state index in [-0.39, 0.29) is 0 Å². The van der Waals surface area contributed by atoms with Crippen LogP contribution < -0.4 is 4.90 Å². The van der Waals surface area contributed by atoms with Gasteiger partial charge in [0.05, 0.1) is 4.47 Å². The summed E-state index contributed by atoms with van der Waals surface area (Å²) < 4.78 is 1.07. The Kier molecular flexibility index (Phi) is 3.52. The van der Waals surface area contributed by atoms with E-state index in [2.05, 4.69) is 31.9 Å². The molecule has 0 radical (unpaired) electrons. The molecule has 0 saturated heterocycles. The van der Waals surface area contributed by atoms with E-state index in [0.29, 0.717) is 11.9 Å². The molecule has 0 bridgehead atoms. The molecule has 1 aromatic heterocycles. The highest BCUT2D eigenvalue weighted by atomic mass is 79.9. The molecule has 15 heavy (non-hydrogen) atoms. The molecule has 0 aromatic carbocycles. The molecule has 0 amide bonds. The van der Waals surface area contributed by atoms with Crippen LogP contribution in [0.25, 0.3) is 0 Å². The Labute approximate surface area is 104 Å². The third-order valence-electron chi connectivity index (χ3n) is 2.54. The maximum absolute atomic E-state index is 5.82. The van der Waals surface area contributed by atoms with Gasteiger partial charge in [-0.3, -0.25) is 0 Å². The van der Waals surface area contributed by atoms with E-state index >= 15 is 0 Å². The third-order valence-corrected chi connectivity index (χ3v) is 3.30. The number of nitrogens with zero attached hydrogens (tertiary/aromatic N) is 2. The van der Waals surface area contributed by atoms with Gasteiger partial charge in [0, 0.05) is 24.7 Å². The highest BCUT2D eigenvalue weighted by Gasteiger charge is 2.30. The van der Waals surface area contributed by atoms with Crippen LogP contribution in [0.15, 0.2) is 16.7 Å². The van der Waals surface area contributed by atoms with E-state index in [9.17, 15) is 0 Å². The van der Waals surface area contributed by atoms with Crippen molar-refractivity contribution in [1.29, 1.82) is 0 Å². The Morgan fingerprint density at radius 1 is 1.60 bits per heavy atom. The van der Waals surface area contributed by atoms with Gasteiger partial charge in [0.25, 0.3) is 0 Å². The van der Waals surface area contributed by atoms with Crippen LogP contribution in [0.2, 0.25) is 0 Å². The van der Waals surface area contributed by atoms with E-state index in [1.165, 1.54) is 18.4 Å². The Bertz CT molecular complexity index is 352. The number of hydrogen-bond donors (Lipinski definition) is 0. The maximum atomic E-state index is 5.82. The van der Waals surface area contributed by atoms with Crippen molar-refractivity contribution in [2.45, 2.75) is 25.8 Å². The number of pyridine rings is 1. The SMILES string of the molecule is Cc1cnc(N(CCCl)C2CC2)c(Br)c1. The summed E-state index contributed by atoms with van der Waals surface area (Å²) >= 11 is 9.38.